The highest BCUT2D eigenvalue weighted by Gasteiger charge is 1.96. The van der Waals surface area contributed by atoms with E-state index in [0.717, 1.165) is 17.6 Å². The molecule has 1 radical (unpaired) electrons. The molecule has 0 saturated heterocycles. The molecule has 2 nitrogen and oxygen atoms in total. The van der Waals surface area contributed by atoms with Crippen molar-refractivity contribution in [2.45, 2.75) is 6.42 Å². The molecule has 0 aromatic carbocycles. The third-order valence-corrected chi connectivity index (χ3v) is 1.75. The Bertz CT molecular complexity index is 329. The number of nitrogens with one attached hydrogen (secondary N) is 1. The summed E-state index contributed by atoms with van der Waals surface area (Å²) in [7, 11) is 0. The second-order valence-corrected chi connectivity index (χ2v) is 2.51. The topological polar surface area (TPSA) is 28.7 Å². The minimum Gasteiger partial charge on any atom is -0.357 e. The minimum atomic E-state index is 0.800. The van der Waals surface area contributed by atoms with Crippen LogP contribution in [-0.4, -0.2) is 9.97 Å². The summed E-state index contributed by atoms with van der Waals surface area (Å²) in [6.07, 6.45) is 4.42. The number of rotatable bonds is 1. The lowest BCUT2D eigenvalue weighted by atomic mass is 10.3. The summed E-state index contributed by atoms with van der Waals surface area (Å²) < 4.78 is 0. The van der Waals surface area contributed by atoms with Crippen molar-refractivity contribution in [3.63, 3.8) is 0 Å². The van der Waals surface area contributed by atoms with Crippen LogP contribution in [0.1, 0.15) is 5.69 Å². The van der Waals surface area contributed by atoms with Crippen LogP contribution >= 0.6 is 0 Å². The molecule has 0 aliphatic heterocycles. The molecule has 0 bridgehead atoms. The summed E-state index contributed by atoms with van der Waals surface area (Å²) in [5.41, 5.74) is 2.25. The van der Waals surface area contributed by atoms with E-state index in [1.54, 1.807) is 6.20 Å². The van der Waals surface area contributed by atoms with E-state index in [9.17, 15) is 0 Å². The lowest BCUT2D eigenvalue weighted by Crippen LogP contribution is -1.75. The van der Waals surface area contributed by atoms with Gasteiger partial charge in [0.25, 0.3) is 0 Å². The van der Waals surface area contributed by atoms with E-state index < -0.39 is 0 Å². The second-order valence-electron chi connectivity index (χ2n) is 2.51. The van der Waals surface area contributed by atoms with Gasteiger partial charge in [-0.3, -0.25) is 4.98 Å². The van der Waals surface area contributed by atoms with Gasteiger partial charge in [-0.1, -0.05) is 0 Å². The lowest BCUT2D eigenvalue weighted by Gasteiger charge is -1.84. The number of nitrogens with zero attached hydrogens (tertiary/aromatic N) is 1. The predicted molar refractivity (Wildman–Crippen MR) is 45.2 cm³/mol. The summed E-state index contributed by atoms with van der Waals surface area (Å²) in [5.74, 6) is 0. The molecule has 0 unspecified atom stereocenters. The zero-order valence-electron chi connectivity index (χ0n) is 6.17. The Morgan fingerprint density at radius 2 is 2.45 bits per heavy atom. The number of aromatic nitrogens is 2. The molecule has 2 aromatic rings. The SMILES string of the molecule is [CH2]Cc1cc2ccncc2[nH]1. The molecule has 0 aliphatic rings. The molecule has 0 saturated carbocycles. The normalized spacial score (nSPS) is 10.6. The van der Waals surface area contributed by atoms with Gasteiger partial charge in [-0.25, -0.2) is 0 Å². The maximum atomic E-state index is 4.01. The number of hydrogen-bond donors (Lipinski definition) is 1. The second kappa shape index (κ2) is 2.38. The molecule has 2 heteroatoms. The Balaban J connectivity index is 2.69. The minimum absolute atomic E-state index is 0.800. The molecule has 1 N–H and O–H groups in total. The first-order valence-electron chi connectivity index (χ1n) is 3.61. The fourth-order valence-electron chi connectivity index (χ4n) is 1.17. The monoisotopic (exact) mass is 145 g/mol. The third kappa shape index (κ3) is 1.00. The van der Waals surface area contributed by atoms with Crippen molar-refractivity contribution in [3.05, 3.63) is 37.1 Å². The van der Waals surface area contributed by atoms with Crippen LogP contribution in [0.2, 0.25) is 0 Å². The molecule has 2 aromatic heterocycles. The van der Waals surface area contributed by atoms with Crippen molar-refractivity contribution in [3.8, 4) is 0 Å². The van der Waals surface area contributed by atoms with Gasteiger partial charge in [0.05, 0.1) is 11.7 Å². The van der Waals surface area contributed by atoms with Gasteiger partial charge < -0.3 is 4.98 Å². The molecule has 0 atom stereocenters. The first-order chi connectivity index (χ1) is 5.40. The van der Waals surface area contributed by atoms with E-state index in [-0.39, 0.29) is 0 Å². The van der Waals surface area contributed by atoms with Gasteiger partial charge in [-0.05, 0) is 25.5 Å². The molecule has 0 amide bonds. The molecule has 0 spiro atoms. The van der Waals surface area contributed by atoms with Crippen molar-refractivity contribution < 1.29 is 0 Å². The van der Waals surface area contributed by atoms with Crippen LogP contribution in [0.15, 0.2) is 24.5 Å². The van der Waals surface area contributed by atoms with Gasteiger partial charge in [0.15, 0.2) is 0 Å². The third-order valence-electron chi connectivity index (χ3n) is 1.75. The number of H-pyrrole nitrogens is 1. The maximum absolute atomic E-state index is 4.01. The quantitative estimate of drug-likeness (QED) is 0.652. The fraction of sp³-hybridized carbons (Fsp3) is 0.111. The maximum Gasteiger partial charge on any atom is 0.0642 e. The summed E-state index contributed by atoms with van der Waals surface area (Å²) in [4.78, 5) is 7.23. The van der Waals surface area contributed by atoms with Gasteiger partial charge in [-0.15, -0.1) is 0 Å². The van der Waals surface area contributed by atoms with Crippen LogP contribution in [0.4, 0.5) is 0 Å². The zero-order valence-corrected chi connectivity index (χ0v) is 6.17. The Morgan fingerprint density at radius 1 is 1.55 bits per heavy atom. The highest BCUT2D eigenvalue weighted by Crippen LogP contribution is 2.12. The van der Waals surface area contributed by atoms with Gasteiger partial charge in [-0.2, -0.15) is 0 Å². The molecule has 55 valence electrons. The Labute approximate surface area is 65.3 Å². The van der Waals surface area contributed by atoms with E-state index in [2.05, 4.69) is 23.0 Å². The van der Waals surface area contributed by atoms with E-state index in [1.165, 1.54) is 5.39 Å². The summed E-state index contributed by atoms with van der Waals surface area (Å²) >= 11 is 0. The van der Waals surface area contributed by atoms with Crippen molar-refractivity contribution >= 4 is 10.9 Å². The van der Waals surface area contributed by atoms with Crippen molar-refractivity contribution in [1.82, 2.24) is 9.97 Å². The van der Waals surface area contributed by atoms with E-state index in [1.807, 2.05) is 12.3 Å². The number of pyridine rings is 1. The fourth-order valence-corrected chi connectivity index (χ4v) is 1.17. The van der Waals surface area contributed by atoms with E-state index in [0.29, 0.717) is 0 Å². The van der Waals surface area contributed by atoms with E-state index in [4.69, 9.17) is 0 Å². The summed E-state index contributed by atoms with van der Waals surface area (Å²) in [6.45, 7) is 3.80. The van der Waals surface area contributed by atoms with Crippen molar-refractivity contribution in [2.75, 3.05) is 0 Å². The summed E-state index contributed by atoms with van der Waals surface area (Å²) in [6, 6.07) is 4.09. The average molecular weight is 145 g/mol. The smallest absolute Gasteiger partial charge is 0.0642 e. The molecular formula is C9H9N2. The Hall–Kier alpha value is -1.31. The largest absolute Gasteiger partial charge is 0.357 e. The number of hydrogen-bond acceptors (Lipinski definition) is 1. The Morgan fingerprint density at radius 3 is 3.18 bits per heavy atom. The van der Waals surface area contributed by atoms with Crippen LogP contribution in [0.3, 0.4) is 0 Å². The van der Waals surface area contributed by atoms with E-state index >= 15 is 0 Å². The average Bonchev–Trinajstić information content (AvgIpc) is 2.46. The van der Waals surface area contributed by atoms with Crippen molar-refractivity contribution in [1.29, 1.82) is 0 Å². The zero-order chi connectivity index (χ0) is 7.68. The molecule has 2 rings (SSSR count). The van der Waals surface area contributed by atoms with Crippen LogP contribution in [0.5, 0.6) is 0 Å². The highest BCUT2D eigenvalue weighted by molar-refractivity contribution is 5.79. The first kappa shape index (κ1) is 6.40. The number of aromatic amines is 1. The van der Waals surface area contributed by atoms with Gasteiger partial charge in [0.2, 0.25) is 0 Å². The van der Waals surface area contributed by atoms with Crippen LogP contribution in [0.25, 0.3) is 10.9 Å². The molecule has 0 fully saturated rings. The molecule has 11 heavy (non-hydrogen) atoms. The Kier molecular flexibility index (Phi) is 1.39. The van der Waals surface area contributed by atoms with Crippen LogP contribution in [0, 0.1) is 6.92 Å². The van der Waals surface area contributed by atoms with Gasteiger partial charge in [0, 0.05) is 17.3 Å². The van der Waals surface area contributed by atoms with Crippen LogP contribution in [-0.2, 0) is 6.42 Å². The van der Waals surface area contributed by atoms with Gasteiger partial charge >= 0.3 is 0 Å². The lowest BCUT2D eigenvalue weighted by molar-refractivity contribution is 1.17. The highest BCUT2D eigenvalue weighted by atomic mass is 14.7. The predicted octanol–water partition coefficient (Wildman–Crippen LogP) is 1.94. The van der Waals surface area contributed by atoms with Gasteiger partial charge in [0.1, 0.15) is 0 Å². The van der Waals surface area contributed by atoms with Crippen LogP contribution < -0.4 is 0 Å². The molecular weight excluding hydrogens is 136 g/mol. The number of fused-ring (bicyclic) bond motifs is 1. The first-order valence-corrected chi connectivity index (χ1v) is 3.61. The standard InChI is InChI=1S/C9H9N2/c1-2-8-5-7-3-4-10-6-9(7)11-8/h3-6,11H,1-2H2. The summed E-state index contributed by atoms with van der Waals surface area (Å²) in [5, 5.41) is 1.21. The molecule has 2 heterocycles. The van der Waals surface area contributed by atoms with Crippen molar-refractivity contribution in [2.24, 2.45) is 0 Å². The molecule has 0 aliphatic carbocycles.